The first kappa shape index (κ1) is 15.2. The number of aryl methyl sites for hydroxylation is 3. The summed E-state index contributed by atoms with van der Waals surface area (Å²) in [4.78, 5) is 14.6. The Bertz CT molecular complexity index is 473. The quantitative estimate of drug-likeness (QED) is 0.911. The normalized spacial score (nSPS) is 20.1. The van der Waals surface area contributed by atoms with Crippen LogP contribution in [0.1, 0.15) is 28.7 Å². The van der Waals surface area contributed by atoms with Crippen LogP contribution in [0.15, 0.2) is 12.1 Å². The van der Waals surface area contributed by atoms with Gasteiger partial charge in [0, 0.05) is 26.1 Å². The summed E-state index contributed by atoms with van der Waals surface area (Å²) in [5, 5.41) is 3.31. The number of hydrogen-bond acceptors (Lipinski definition) is 3. The predicted molar refractivity (Wildman–Crippen MR) is 83.3 cm³/mol. The Kier molecular flexibility index (Phi) is 4.95. The number of hydrogen-bond donors (Lipinski definition) is 1. The molecule has 3 nitrogen and oxygen atoms in total. The molecule has 1 aliphatic heterocycles. The second-order valence-corrected chi connectivity index (χ2v) is 6.04. The van der Waals surface area contributed by atoms with E-state index in [4.69, 9.17) is 0 Å². The third kappa shape index (κ3) is 3.47. The molecule has 1 fully saturated rings. The number of ketones is 1. The second kappa shape index (κ2) is 6.51. The van der Waals surface area contributed by atoms with E-state index in [0.717, 1.165) is 26.1 Å². The summed E-state index contributed by atoms with van der Waals surface area (Å²) in [6, 6.07) is 4.47. The van der Waals surface area contributed by atoms with Gasteiger partial charge in [-0.1, -0.05) is 17.7 Å². The van der Waals surface area contributed by atoms with Crippen LogP contribution in [0.3, 0.4) is 0 Å². The third-order valence-electron chi connectivity index (χ3n) is 4.34. The molecule has 0 bridgehead atoms. The molecule has 110 valence electrons. The molecule has 1 unspecified atom stereocenters. The molecule has 0 radical (unpaired) electrons. The first-order chi connectivity index (χ1) is 9.49. The van der Waals surface area contributed by atoms with Crippen molar-refractivity contribution in [2.75, 3.05) is 26.7 Å². The lowest BCUT2D eigenvalue weighted by Gasteiger charge is -2.32. The van der Waals surface area contributed by atoms with E-state index in [0.29, 0.717) is 12.2 Å². The maximum Gasteiger partial charge on any atom is 0.151 e. The van der Waals surface area contributed by atoms with Gasteiger partial charge in [0.15, 0.2) is 5.78 Å². The Balaban J connectivity index is 2.00. The van der Waals surface area contributed by atoms with Crippen molar-refractivity contribution in [3.05, 3.63) is 34.4 Å². The van der Waals surface area contributed by atoms with E-state index >= 15 is 0 Å². The van der Waals surface area contributed by atoms with Gasteiger partial charge in [0.25, 0.3) is 0 Å². The molecule has 1 N–H and O–H groups in total. The summed E-state index contributed by atoms with van der Waals surface area (Å²) < 4.78 is 0. The largest absolute Gasteiger partial charge is 0.313 e. The van der Waals surface area contributed by atoms with Crippen LogP contribution < -0.4 is 5.32 Å². The van der Waals surface area contributed by atoms with Gasteiger partial charge in [0.2, 0.25) is 0 Å². The van der Waals surface area contributed by atoms with Crippen molar-refractivity contribution in [2.24, 2.45) is 0 Å². The van der Waals surface area contributed by atoms with E-state index in [9.17, 15) is 4.79 Å². The zero-order chi connectivity index (χ0) is 14.7. The average Bonchev–Trinajstić information content (AvgIpc) is 2.37. The molecule has 3 heteroatoms. The molecule has 1 saturated heterocycles. The Morgan fingerprint density at radius 1 is 1.30 bits per heavy atom. The molecule has 0 aliphatic carbocycles. The fraction of sp³-hybridized carbons (Fsp3) is 0.588. The predicted octanol–water partition coefficient (Wildman–Crippen LogP) is 2.02. The van der Waals surface area contributed by atoms with Crippen LogP contribution in [0.2, 0.25) is 0 Å². The van der Waals surface area contributed by atoms with Gasteiger partial charge in [-0.15, -0.1) is 0 Å². The standard InChI is InChI=1S/C17H26N2O/c1-12-9-13(2)15(14(3)10-12)5-6-17(20)16-11-18-7-8-19(16)4/h9-10,16,18H,5-8,11H2,1-4H3. The number of nitrogens with zero attached hydrogens (tertiary/aromatic N) is 1. The number of Topliss-reactive ketones (excluding diaryl/α,β-unsaturated/α-hetero) is 1. The zero-order valence-electron chi connectivity index (χ0n) is 13.1. The number of likely N-dealkylation sites (N-methyl/N-ethyl adjacent to an activating group) is 1. The molecular weight excluding hydrogens is 248 g/mol. The monoisotopic (exact) mass is 274 g/mol. The molecule has 20 heavy (non-hydrogen) atoms. The number of rotatable bonds is 4. The highest BCUT2D eigenvalue weighted by Crippen LogP contribution is 2.19. The van der Waals surface area contributed by atoms with Crippen molar-refractivity contribution in [3.63, 3.8) is 0 Å². The van der Waals surface area contributed by atoms with Crippen molar-refractivity contribution in [3.8, 4) is 0 Å². The summed E-state index contributed by atoms with van der Waals surface area (Å²) in [6.45, 7) is 9.15. The van der Waals surface area contributed by atoms with E-state index in [1.54, 1.807) is 0 Å². The lowest BCUT2D eigenvalue weighted by molar-refractivity contribution is -0.124. The molecule has 2 rings (SSSR count). The van der Waals surface area contributed by atoms with Gasteiger partial charge in [-0.3, -0.25) is 9.69 Å². The van der Waals surface area contributed by atoms with E-state index in [2.05, 4.69) is 43.1 Å². The molecule has 1 aromatic carbocycles. The minimum Gasteiger partial charge on any atom is -0.313 e. The van der Waals surface area contributed by atoms with Crippen LogP contribution >= 0.6 is 0 Å². The lowest BCUT2D eigenvalue weighted by atomic mass is 9.94. The van der Waals surface area contributed by atoms with Gasteiger partial charge >= 0.3 is 0 Å². The van der Waals surface area contributed by atoms with Crippen LogP contribution in [-0.2, 0) is 11.2 Å². The van der Waals surface area contributed by atoms with Gasteiger partial charge in [-0.05, 0) is 50.9 Å². The van der Waals surface area contributed by atoms with Crippen molar-refractivity contribution in [2.45, 2.75) is 39.7 Å². The van der Waals surface area contributed by atoms with Crippen LogP contribution in [0, 0.1) is 20.8 Å². The summed E-state index contributed by atoms with van der Waals surface area (Å²) in [7, 11) is 2.05. The van der Waals surface area contributed by atoms with Crippen molar-refractivity contribution in [1.29, 1.82) is 0 Å². The molecule has 0 aromatic heterocycles. The molecule has 0 amide bonds. The highest BCUT2D eigenvalue weighted by molar-refractivity contribution is 5.84. The maximum atomic E-state index is 12.4. The lowest BCUT2D eigenvalue weighted by Crippen LogP contribution is -2.53. The van der Waals surface area contributed by atoms with Gasteiger partial charge in [0.05, 0.1) is 6.04 Å². The number of carbonyl (C=O) groups is 1. The SMILES string of the molecule is Cc1cc(C)c(CCC(=O)C2CNCCN2C)c(C)c1. The molecule has 1 heterocycles. The summed E-state index contributed by atoms with van der Waals surface area (Å²) in [6.07, 6.45) is 1.50. The Hall–Kier alpha value is -1.19. The summed E-state index contributed by atoms with van der Waals surface area (Å²) in [5.74, 6) is 0.360. The average molecular weight is 274 g/mol. The van der Waals surface area contributed by atoms with Crippen molar-refractivity contribution >= 4 is 5.78 Å². The molecular formula is C17H26N2O. The summed E-state index contributed by atoms with van der Waals surface area (Å²) in [5.41, 5.74) is 5.26. The molecule has 1 aliphatic rings. The van der Waals surface area contributed by atoms with Crippen molar-refractivity contribution < 1.29 is 4.79 Å². The van der Waals surface area contributed by atoms with Crippen LogP contribution in [-0.4, -0.2) is 43.4 Å². The fourth-order valence-electron chi connectivity index (χ4n) is 3.18. The first-order valence-corrected chi connectivity index (χ1v) is 7.49. The van der Waals surface area contributed by atoms with E-state index in [1.807, 2.05) is 7.05 Å². The highest BCUT2D eigenvalue weighted by atomic mass is 16.1. The van der Waals surface area contributed by atoms with Gasteiger partial charge in [-0.2, -0.15) is 0 Å². The highest BCUT2D eigenvalue weighted by Gasteiger charge is 2.25. The van der Waals surface area contributed by atoms with Gasteiger partial charge in [-0.25, -0.2) is 0 Å². The minimum absolute atomic E-state index is 0.0508. The Morgan fingerprint density at radius 3 is 2.55 bits per heavy atom. The first-order valence-electron chi connectivity index (χ1n) is 7.49. The van der Waals surface area contributed by atoms with Crippen LogP contribution in [0.5, 0.6) is 0 Å². The molecule has 1 atom stereocenters. The van der Waals surface area contributed by atoms with Crippen molar-refractivity contribution in [1.82, 2.24) is 10.2 Å². The minimum atomic E-state index is 0.0508. The number of nitrogens with one attached hydrogen (secondary N) is 1. The molecule has 1 aromatic rings. The van der Waals surface area contributed by atoms with Gasteiger partial charge in [0.1, 0.15) is 0 Å². The van der Waals surface area contributed by atoms with Crippen LogP contribution in [0.4, 0.5) is 0 Å². The smallest absolute Gasteiger partial charge is 0.151 e. The van der Waals surface area contributed by atoms with Gasteiger partial charge < -0.3 is 5.32 Å². The number of carbonyl (C=O) groups excluding carboxylic acids is 1. The Morgan fingerprint density at radius 2 is 1.95 bits per heavy atom. The van der Waals surface area contributed by atoms with Crippen LogP contribution in [0.25, 0.3) is 0 Å². The third-order valence-corrected chi connectivity index (χ3v) is 4.34. The van der Waals surface area contributed by atoms with E-state index in [1.165, 1.54) is 22.3 Å². The molecule has 0 spiro atoms. The molecule has 0 saturated carbocycles. The van der Waals surface area contributed by atoms with E-state index < -0.39 is 0 Å². The fourth-order valence-corrected chi connectivity index (χ4v) is 3.18. The topological polar surface area (TPSA) is 32.3 Å². The maximum absolute atomic E-state index is 12.4. The number of benzene rings is 1. The van der Waals surface area contributed by atoms with E-state index in [-0.39, 0.29) is 6.04 Å². The number of piperazine rings is 1. The second-order valence-electron chi connectivity index (χ2n) is 6.04. The summed E-state index contributed by atoms with van der Waals surface area (Å²) >= 11 is 0. The zero-order valence-corrected chi connectivity index (χ0v) is 13.1. The Labute approximate surface area is 122 Å².